The van der Waals surface area contributed by atoms with Gasteiger partial charge < -0.3 is 15.5 Å². The molecule has 1 aromatic carbocycles. The van der Waals surface area contributed by atoms with E-state index in [1.54, 1.807) is 0 Å². The van der Waals surface area contributed by atoms with Gasteiger partial charge in [-0.15, -0.1) is 35.7 Å². The molecular formula is C19H33IN4S. The molecular weight excluding hydrogens is 443 g/mol. The van der Waals surface area contributed by atoms with Gasteiger partial charge in [0.15, 0.2) is 5.96 Å². The van der Waals surface area contributed by atoms with Crippen LogP contribution in [0, 0.1) is 0 Å². The van der Waals surface area contributed by atoms with Crippen LogP contribution in [-0.4, -0.2) is 55.4 Å². The normalized spacial score (nSPS) is 16.3. The highest BCUT2D eigenvalue weighted by molar-refractivity contribution is 14.0. The molecule has 0 atom stereocenters. The Labute approximate surface area is 174 Å². The molecule has 2 rings (SSSR count). The molecule has 2 N–H and O–H groups in total. The number of nitrogens with one attached hydrogen (secondary N) is 2. The lowest BCUT2D eigenvalue weighted by Gasteiger charge is -2.32. The van der Waals surface area contributed by atoms with E-state index in [9.17, 15) is 0 Å². The fourth-order valence-electron chi connectivity index (χ4n) is 2.97. The van der Waals surface area contributed by atoms with Crippen LogP contribution in [0.5, 0.6) is 0 Å². The monoisotopic (exact) mass is 476 g/mol. The maximum absolute atomic E-state index is 4.74. The SMILES string of the molecule is CCCN1CCC(NC(=NCCSc2ccccc2)NCC)CC1.I. The van der Waals surface area contributed by atoms with E-state index >= 15 is 0 Å². The first-order valence-electron chi connectivity index (χ1n) is 9.26. The van der Waals surface area contributed by atoms with Gasteiger partial charge in [0.1, 0.15) is 0 Å². The van der Waals surface area contributed by atoms with Gasteiger partial charge in [-0.25, -0.2) is 0 Å². The summed E-state index contributed by atoms with van der Waals surface area (Å²) in [6, 6.07) is 11.1. The van der Waals surface area contributed by atoms with Crippen LogP contribution >= 0.6 is 35.7 Å². The number of thioether (sulfide) groups is 1. The van der Waals surface area contributed by atoms with Crippen molar-refractivity contribution in [3.63, 3.8) is 0 Å². The highest BCUT2D eigenvalue weighted by Gasteiger charge is 2.19. The van der Waals surface area contributed by atoms with Gasteiger partial charge in [0.2, 0.25) is 0 Å². The summed E-state index contributed by atoms with van der Waals surface area (Å²) in [7, 11) is 0. The summed E-state index contributed by atoms with van der Waals surface area (Å²) in [5.41, 5.74) is 0. The van der Waals surface area contributed by atoms with Crippen molar-refractivity contribution in [1.29, 1.82) is 0 Å². The fourth-order valence-corrected chi connectivity index (χ4v) is 3.74. The number of hydrogen-bond donors (Lipinski definition) is 2. The molecule has 1 fully saturated rings. The number of benzene rings is 1. The third-order valence-electron chi connectivity index (χ3n) is 4.19. The van der Waals surface area contributed by atoms with Gasteiger partial charge in [-0.3, -0.25) is 4.99 Å². The fraction of sp³-hybridized carbons (Fsp3) is 0.632. The largest absolute Gasteiger partial charge is 0.357 e. The number of likely N-dealkylation sites (tertiary alicyclic amines) is 1. The molecule has 0 aliphatic carbocycles. The van der Waals surface area contributed by atoms with E-state index in [1.165, 1.54) is 43.8 Å². The van der Waals surface area contributed by atoms with Crippen molar-refractivity contribution in [2.45, 2.75) is 44.0 Å². The first-order valence-corrected chi connectivity index (χ1v) is 10.3. The van der Waals surface area contributed by atoms with Crippen molar-refractivity contribution in [2.75, 3.05) is 38.5 Å². The van der Waals surface area contributed by atoms with E-state index in [2.05, 4.69) is 59.7 Å². The Morgan fingerprint density at radius 3 is 2.56 bits per heavy atom. The van der Waals surface area contributed by atoms with Gasteiger partial charge in [-0.2, -0.15) is 0 Å². The number of nitrogens with zero attached hydrogens (tertiary/aromatic N) is 2. The van der Waals surface area contributed by atoms with Crippen LogP contribution in [-0.2, 0) is 0 Å². The third-order valence-corrected chi connectivity index (χ3v) is 5.18. The number of hydrogen-bond acceptors (Lipinski definition) is 3. The lowest BCUT2D eigenvalue weighted by molar-refractivity contribution is 0.206. The quantitative estimate of drug-likeness (QED) is 0.197. The van der Waals surface area contributed by atoms with Gasteiger partial charge >= 0.3 is 0 Å². The van der Waals surface area contributed by atoms with Crippen LogP contribution in [0.3, 0.4) is 0 Å². The molecule has 0 saturated carbocycles. The summed E-state index contributed by atoms with van der Waals surface area (Å²) in [6.07, 6.45) is 3.67. The van der Waals surface area contributed by atoms with Crippen molar-refractivity contribution in [3.05, 3.63) is 30.3 Å². The van der Waals surface area contributed by atoms with Crippen LogP contribution in [0.25, 0.3) is 0 Å². The Kier molecular flexibility index (Phi) is 12.4. The standard InChI is InChI=1S/C19H32N4S.HI/c1-3-13-23-14-10-17(11-15-23)22-19(20-4-2)21-12-16-24-18-8-6-5-7-9-18;/h5-9,17H,3-4,10-16H2,1-2H3,(H2,20,21,22);1H. The Hall–Kier alpha value is -0.470. The van der Waals surface area contributed by atoms with Crippen molar-refractivity contribution in [1.82, 2.24) is 15.5 Å². The smallest absolute Gasteiger partial charge is 0.191 e. The summed E-state index contributed by atoms with van der Waals surface area (Å²) < 4.78 is 0. The summed E-state index contributed by atoms with van der Waals surface area (Å²) in [4.78, 5) is 8.62. The molecule has 1 aliphatic heterocycles. The molecule has 0 radical (unpaired) electrons. The highest BCUT2D eigenvalue weighted by Crippen LogP contribution is 2.16. The van der Waals surface area contributed by atoms with Gasteiger partial charge in [0.25, 0.3) is 0 Å². The summed E-state index contributed by atoms with van der Waals surface area (Å²) in [5, 5.41) is 7.00. The molecule has 0 spiro atoms. The molecule has 25 heavy (non-hydrogen) atoms. The Balaban J connectivity index is 0.00000312. The molecule has 1 aliphatic rings. The molecule has 0 bridgehead atoms. The first-order chi connectivity index (χ1) is 11.8. The Morgan fingerprint density at radius 2 is 1.92 bits per heavy atom. The molecule has 0 aromatic heterocycles. The average Bonchev–Trinajstić information content (AvgIpc) is 2.61. The molecule has 1 saturated heterocycles. The minimum Gasteiger partial charge on any atom is -0.357 e. The number of aliphatic imine (C=N–C) groups is 1. The highest BCUT2D eigenvalue weighted by atomic mass is 127. The summed E-state index contributed by atoms with van der Waals surface area (Å²) >= 11 is 1.86. The van der Waals surface area contributed by atoms with Crippen LogP contribution in [0.2, 0.25) is 0 Å². The average molecular weight is 476 g/mol. The second-order valence-electron chi connectivity index (χ2n) is 6.18. The van der Waals surface area contributed by atoms with Gasteiger partial charge in [-0.05, 0) is 44.9 Å². The molecule has 0 amide bonds. The van der Waals surface area contributed by atoms with E-state index in [4.69, 9.17) is 4.99 Å². The van der Waals surface area contributed by atoms with Crippen molar-refractivity contribution in [2.24, 2.45) is 4.99 Å². The third kappa shape index (κ3) is 9.15. The summed E-state index contributed by atoms with van der Waals surface area (Å²) in [6.45, 7) is 9.77. The molecule has 6 heteroatoms. The summed E-state index contributed by atoms with van der Waals surface area (Å²) in [5.74, 6) is 1.98. The molecule has 4 nitrogen and oxygen atoms in total. The van der Waals surface area contributed by atoms with Crippen LogP contribution in [0.4, 0.5) is 0 Å². The van der Waals surface area contributed by atoms with E-state index in [-0.39, 0.29) is 24.0 Å². The van der Waals surface area contributed by atoms with Crippen LogP contribution in [0.1, 0.15) is 33.1 Å². The lowest BCUT2D eigenvalue weighted by atomic mass is 10.1. The molecule has 1 aromatic rings. The Bertz CT molecular complexity index is 476. The maximum atomic E-state index is 4.74. The van der Waals surface area contributed by atoms with Crippen LogP contribution in [0.15, 0.2) is 40.2 Å². The second-order valence-corrected chi connectivity index (χ2v) is 7.35. The minimum absolute atomic E-state index is 0. The number of guanidine groups is 1. The van der Waals surface area contributed by atoms with Gasteiger partial charge in [0, 0.05) is 36.3 Å². The van der Waals surface area contributed by atoms with Crippen molar-refractivity contribution < 1.29 is 0 Å². The number of piperidine rings is 1. The zero-order chi connectivity index (χ0) is 17.0. The van der Waals surface area contributed by atoms with E-state index in [0.717, 1.165) is 24.8 Å². The van der Waals surface area contributed by atoms with Gasteiger partial charge in [0.05, 0.1) is 6.54 Å². The van der Waals surface area contributed by atoms with Crippen molar-refractivity contribution >= 4 is 41.7 Å². The first kappa shape index (κ1) is 22.6. The van der Waals surface area contributed by atoms with E-state index < -0.39 is 0 Å². The van der Waals surface area contributed by atoms with Crippen molar-refractivity contribution in [3.8, 4) is 0 Å². The second kappa shape index (κ2) is 13.7. The topological polar surface area (TPSA) is 39.7 Å². The van der Waals surface area contributed by atoms with E-state index in [0.29, 0.717) is 6.04 Å². The maximum Gasteiger partial charge on any atom is 0.191 e. The number of rotatable bonds is 8. The predicted octanol–water partition coefficient (Wildman–Crippen LogP) is 3.83. The molecule has 0 unspecified atom stereocenters. The zero-order valence-electron chi connectivity index (χ0n) is 15.5. The zero-order valence-corrected chi connectivity index (χ0v) is 18.7. The van der Waals surface area contributed by atoms with Gasteiger partial charge in [-0.1, -0.05) is 25.1 Å². The number of halogens is 1. The lowest BCUT2D eigenvalue weighted by Crippen LogP contribution is -2.48. The molecule has 1 heterocycles. The molecule has 142 valence electrons. The minimum atomic E-state index is 0. The predicted molar refractivity (Wildman–Crippen MR) is 121 cm³/mol. The van der Waals surface area contributed by atoms with Crippen LogP contribution < -0.4 is 10.6 Å². The van der Waals surface area contributed by atoms with E-state index in [1.807, 2.05) is 11.8 Å². The Morgan fingerprint density at radius 1 is 1.20 bits per heavy atom.